The van der Waals surface area contributed by atoms with Crippen LogP contribution in [0.1, 0.15) is 34.6 Å². The number of hydrogen-bond acceptors (Lipinski definition) is 3. The van der Waals surface area contributed by atoms with Crippen molar-refractivity contribution in [2.24, 2.45) is 5.92 Å². The lowest BCUT2D eigenvalue weighted by atomic mass is 10.1. The molecule has 0 unspecified atom stereocenters. The second-order valence-electron chi connectivity index (χ2n) is 6.38. The van der Waals surface area contributed by atoms with Crippen LogP contribution in [0.25, 0.3) is 0 Å². The maximum Gasteiger partial charge on any atom is 0.239 e. The molecule has 4 heteroatoms. The van der Waals surface area contributed by atoms with Gasteiger partial charge in [0.2, 0.25) is 5.91 Å². The number of benzene rings is 1. The first kappa shape index (κ1) is 16.3. The van der Waals surface area contributed by atoms with E-state index in [1.807, 2.05) is 45.0 Å². The topological polar surface area (TPSA) is 50.4 Å². The summed E-state index contributed by atoms with van der Waals surface area (Å²) in [7, 11) is 0. The molecular formula is C16H26N2O2. The van der Waals surface area contributed by atoms with Gasteiger partial charge in [-0.2, -0.15) is 0 Å². The Hall–Kier alpha value is -1.71. The Bertz CT molecular complexity index is 436. The molecule has 0 atom stereocenters. The van der Waals surface area contributed by atoms with E-state index in [2.05, 4.69) is 24.5 Å². The Labute approximate surface area is 121 Å². The molecule has 1 rings (SSSR count). The second-order valence-corrected chi connectivity index (χ2v) is 6.38. The van der Waals surface area contributed by atoms with Gasteiger partial charge in [0.25, 0.3) is 0 Å². The van der Waals surface area contributed by atoms with Gasteiger partial charge < -0.3 is 15.4 Å². The third-order valence-corrected chi connectivity index (χ3v) is 2.38. The standard InChI is InChI=1S/C16H26N2O2/c1-12(2)11-20-14-8-6-7-13(9-14)17-10-15(19)18-16(3,4)5/h6-9,12,17H,10-11H2,1-5H3,(H,18,19). The van der Waals surface area contributed by atoms with E-state index in [-0.39, 0.29) is 18.0 Å². The zero-order valence-electron chi connectivity index (χ0n) is 13.1. The first-order valence-electron chi connectivity index (χ1n) is 7.04. The number of carbonyl (C=O) groups is 1. The molecule has 0 heterocycles. The zero-order chi connectivity index (χ0) is 15.2. The first-order chi connectivity index (χ1) is 9.26. The lowest BCUT2D eigenvalue weighted by Crippen LogP contribution is -2.43. The summed E-state index contributed by atoms with van der Waals surface area (Å²) >= 11 is 0. The smallest absolute Gasteiger partial charge is 0.239 e. The molecule has 2 N–H and O–H groups in total. The lowest BCUT2D eigenvalue weighted by molar-refractivity contribution is -0.120. The fourth-order valence-electron chi connectivity index (χ4n) is 1.60. The van der Waals surface area contributed by atoms with Crippen LogP contribution in [0.2, 0.25) is 0 Å². The van der Waals surface area contributed by atoms with E-state index in [0.29, 0.717) is 12.5 Å². The van der Waals surface area contributed by atoms with Gasteiger partial charge >= 0.3 is 0 Å². The quantitative estimate of drug-likeness (QED) is 0.841. The number of amides is 1. The van der Waals surface area contributed by atoms with Crippen LogP contribution in [-0.4, -0.2) is 24.6 Å². The van der Waals surface area contributed by atoms with Gasteiger partial charge in [-0.25, -0.2) is 0 Å². The van der Waals surface area contributed by atoms with Crippen LogP contribution in [0.5, 0.6) is 5.75 Å². The number of anilines is 1. The summed E-state index contributed by atoms with van der Waals surface area (Å²) in [5, 5.41) is 6.01. The van der Waals surface area contributed by atoms with Gasteiger partial charge in [0, 0.05) is 17.3 Å². The minimum atomic E-state index is -0.207. The van der Waals surface area contributed by atoms with Gasteiger partial charge in [-0.15, -0.1) is 0 Å². The minimum Gasteiger partial charge on any atom is -0.493 e. The van der Waals surface area contributed by atoms with Gasteiger partial charge in [-0.3, -0.25) is 4.79 Å². The SMILES string of the molecule is CC(C)COc1cccc(NCC(=O)NC(C)(C)C)c1. The highest BCUT2D eigenvalue weighted by Gasteiger charge is 2.13. The Morgan fingerprint density at radius 3 is 2.60 bits per heavy atom. The number of ether oxygens (including phenoxy) is 1. The molecule has 0 aliphatic rings. The van der Waals surface area contributed by atoms with Crippen molar-refractivity contribution in [2.45, 2.75) is 40.2 Å². The van der Waals surface area contributed by atoms with Crippen LogP contribution < -0.4 is 15.4 Å². The molecule has 0 radical (unpaired) electrons. The lowest BCUT2D eigenvalue weighted by Gasteiger charge is -2.20. The molecule has 0 saturated heterocycles. The summed E-state index contributed by atoms with van der Waals surface area (Å²) in [4.78, 5) is 11.7. The van der Waals surface area contributed by atoms with Crippen LogP contribution in [0.3, 0.4) is 0 Å². The minimum absolute atomic E-state index is 0.0222. The van der Waals surface area contributed by atoms with Crippen molar-refractivity contribution in [3.8, 4) is 5.75 Å². The zero-order valence-corrected chi connectivity index (χ0v) is 13.1. The number of rotatable bonds is 6. The summed E-state index contributed by atoms with van der Waals surface area (Å²) in [5.41, 5.74) is 0.677. The second kappa shape index (κ2) is 7.17. The molecule has 0 bridgehead atoms. The van der Waals surface area contributed by atoms with E-state index in [1.165, 1.54) is 0 Å². The van der Waals surface area contributed by atoms with E-state index in [4.69, 9.17) is 4.74 Å². The number of nitrogens with one attached hydrogen (secondary N) is 2. The van der Waals surface area contributed by atoms with Crippen molar-refractivity contribution in [1.29, 1.82) is 0 Å². The molecular weight excluding hydrogens is 252 g/mol. The molecule has 0 aromatic heterocycles. The maximum absolute atomic E-state index is 11.7. The summed E-state index contributed by atoms with van der Waals surface area (Å²) in [6.45, 7) is 11.1. The van der Waals surface area contributed by atoms with Crippen molar-refractivity contribution < 1.29 is 9.53 Å². The molecule has 0 aliphatic heterocycles. The van der Waals surface area contributed by atoms with Gasteiger partial charge in [0.15, 0.2) is 0 Å². The molecule has 1 aromatic rings. The number of carbonyl (C=O) groups excluding carboxylic acids is 1. The molecule has 0 aliphatic carbocycles. The van der Waals surface area contributed by atoms with E-state index in [9.17, 15) is 4.79 Å². The van der Waals surface area contributed by atoms with Crippen molar-refractivity contribution in [2.75, 3.05) is 18.5 Å². The average Bonchev–Trinajstić information content (AvgIpc) is 2.32. The molecule has 0 saturated carbocycles. The molecule has 20 heavy (non-hydrogen) atoms. The van der Waals surface area contributed by atoms with Gasteiger partial charge in [-0.1, -0.05) is 19.9 Å². The third-order valence-electron chi connectivity index (χ3n) is 2.38. The predicted molar refractivity (Wildman–Crippen MR) is 83.2 cm³/mol. The normalized spacial score (nSPS) is 11.3. The molecule has 0 spiro atoms. The van der Waals surface area contributed by atoms with Crippen LogP contribution in [0, 0.1) is 5.92 Å². The summed E-state index contributed by atoms with van der Waals surface area (Å²) in [6, 6.07) is 7.67. The van der Waals surface area contributed by atoms with Gasteiger partial charge in [0.05, 0.1) is 13.2 Å². The van der Waals surface area contributed by atoms with Crippen LogP contribution >= 0.6 is 0 Å². The molecule has 1 amide bonds. The largest absolute Gasteiger partial charge is 0.493 e. The molecule has 0 fully saturated rings. The van der Waals surface area contributed by atoms with Crippen LogP contribution in [-0.2, 0) is 4.79 Å². The Balaban J connectivity index is 2.48. The van der Waals surface area contributed by atoms with Crippen molar-refractivity contribution in [1.82, 2.24) is 5.32 Å². The Kier molecular flexibility index (Phi) is 5.86. The maximum atomic E-state index is 11.7. The van der Waals surface area contributed by atoms with Crippen LogP contribution in [0.4, 0.5) is 5.69 Å². The van der Waals surface area contributed by atoms with Crippen molar-refractivity contribution in [3.63, 3.8) is 0 Å². The summed E-state index contributed by atoms with van der Waals surface area (Å²) in [5.74, 6) is 1.29. The van der Waals surface area contributed by atoms with Gasteiger partial charge in [0.1, 0.15) is 5.75 Å². The highest BCUT2D eigenvalue weighted by atomic mass is 16.5. The summed E-state index contributed by atoms with van der Waals surface area (Å²) in [6.07, 6.45) is 0. The van der Waals surface area contributed by atoms with E-state index in [1.54, 1.807) is 0 Å². The highest BCUT2D eigenvalue weighted by molar-refractivity contribution is 5.81. The molecule has 112 valence electrons. The number of hydrogen-bond donors (Lipinski definition) is 2. The average molecular weight is 278 g/mol. The fourth-order valence-corrected chi connectivity index (χ4v) is 1.60. The Morgan fingerprint density at radius 1 is 1.30 bits per heavy atom. The fraction of sp³-hybridized carbons (Fsp3) is 0.562. The molecule has 4 nitrogen and oxygen atoms in total. The predicted octanol–water partition coefficient (Wildman–Crippen LogP) is 3.05. The van der Waals surface area contributed by atoms with E-state index in [0.717, 1.165) is 11.4 Å². The third kappa shape index (κ3) is 7.02. The molecule has 1 aromatic carbocycles. The van der Waals surface area contributed by atoms with Crippen LogP contribution in [0.15, 0.2) is 24.3 Å². The first-order valence-corrected chi connectivity index (χ1v) is 7.04. The Morgan fingerprint density at radius 2 is 2.00 bits per heavy atom. The van der Waals surface area contributed by atoms with Crippen molar-refractivity contribution in [3.05, 3.63) is 24.3 Å². The van der Waals surface area contributed by atoms with Gasteiger partial charge in [-0.05, 0) is 38.8 Å². The van der Waals surface area contributed by atoms with E-state index >= 15 is 0 Å². The monoisotopic (exact) mass is 278 g/mol. The van der Waals surface area contributed by atoms with Crippen molar-refractivity contribution >= 4 is 11.6 Å². The summed E-state index contributed by atoms with van der Waals surface area (Å²) < 4.78 is 5.65. The highest BCUT2D eigenvalue weighted by Crippen LogP contribution is 2.17. The van der Waals surface area contributed by atoms with E-state index < -0.39 is 0 Å².